The predicted octanol–water partition coefficient (Wildman–Crippen LogP) is 3.65. The Morgan fingerprint density at radius 2 is 1.78 bits per heavy atom. The fourth-order valence-corrected chi connectivity index (χ4v) is 3.96. The molecule has 27 heavy (non-hydrogen) atoms. The van der Waals surface area contributed by atoms with Crippen molar-refractivity contribution in [2.45, 2.75) is 13.0 Å². The molecule has 0 aliphatic carbocycles. The van der Waals surface area contributed by atoms with Crippen molar-refractivity contribution in [2.24, 2.45) is 0 Å². The van der Waals surface area contributed by atoms with Crippen LogP contribution in [0, 0.1) is 0 Å². The van der Waals surface area contributed by atoms with E-state index in [0.29, 0.717) is 5.75 Å². The molecule has 0 unspecified atom stereocenters. The van der Waals surface area contributed by atoms with Gasteiger partial charge in [0.15, 0.2) is 0 Å². The van der Waals surface area contributed by atoms with Gasteiger partial charge in [-0.15, -0.1) is 0 Å². The van der Waals surface area contributed by atoms with Gasteiger partial charge in [0, 0.05) is 15.6 Å². The van der Waals surface area contributed by atoms with Crippen LogP contribution in [0.1, 0.15) is 18.5 Å². The minimum atomic E-state index is -3.73. The average molecular weight is 431 g/mol. The molecule has 2 aromatic rings. The number of para-hydroxylation sites is 1. The Bertz CT molecular complexity index is 914. The highest BCUT2D eigenvalue weighted by Gasteiger charge is 2.23. The normalized spacial score (nSPS) is 12.3. The molecular formula is C18H20Cl2N2O4S. The van der Waals surface area contributed by atoms with Gasteiger partial charge in [0.1, 0.15) is 12.3 Å². The molecular weight excluding hydrogens is 411 g/mol. The van der Waals surface area contributed by atoms with Gasteiger partial charge in [-0.05, 0) is 31.2 Å². The number of methoxy groups -OCH3 is 1. The second kappa shape index (κ2) is 8.82. The first-order valence-electron chi connectivity index (χ1n) is 7.98. The molecule has 0 fully saturated rings. The first-order valence-corrected chi connectivity index (χ1v) is 10.6. The number of carbonyl (C=O) groups is 1. The summed E-state index contributed by atoms with van der Waals surface area (Å²) in [4.78, 5) is 12.5. The van der Waals surface area contributed by atoms with Crippen molar-refractivity contribution in [1.29, 1.82) is 0 Å². The molecule has 1 amide bonds. The number of amides is 1. The van der Waals surface area contributed by atoms with E-state index in [9.17, 15) is 13.2 Å². The summed E-state index contributed by atoms with van der Waals surface area (Å²) < 4.78 is 30.6. The second-order valence-corrected chi connectivity index (χ2v) is 8.71. The molecule has 0 heterocycles. The molecule has 0 bridgehead atoms. The van der Waals surface area contributed by atoms with Crippen molar-refractivity contribution < 1.29 is 17.9 Å². The number of halogens is 2. The van der Waals surface area contributed by atoms with Gasteiger partial charge in [-0.3, -0.25) is 9.10 Å². The van der Waals surface area contributed by atoms with Gasteiger partial charge in [0.25, 0.3) is 0 Å². The number of rotatable bonds is 7. The molecule has 9 heteroatoms. The van der Waals surface area contributed by atoms with Crippen LogP contribution in [0.5, 0.6) is 5.75 Å². The summed E-state index contributed by atoms with van der Waals surface area (Å²) >= 11 is 11.9. The average Bonchev–Trinajstić information content (AvgIpc) is 2.57. The Morgan fingerprint density at radius 3 is 2.33 bits per heavy atom. The van der Waals surface area contributed by atoms with Gasteiger partial charge in [-0.2, -0.15) is 0 Å². The highest BCUT2D eigenvalue weighted by atomic mass is 35.5. The third-order valence-corrected chi connectivity index (χ3v) is 5.38. The van der Waals surface area contributed by atoms with Gasteiger partial charge in [-0.25, -0.2) is 8.42 Å². The minimum absolute atomic E-state index is 0.218. The lowest BCUT2D eigenvalue weighted by Crippen LogP contribution is -2.41. The quantitative estimate of drug-likeness (QED) is 0.726. The number of sulfonamides is 1. The van der Waals surface area contributed by atoms with E-state index in [-0.39, 0.29) is 21.8 Å². The van der Waals surface area contributed by atoms with E-state index in [2.05, 4.69) is 5.32 Å². The van der Waals surface area contributed by atoms with Gasteiger partial charge in [0.2, 0.25) is 15.9 Å². The van der Waals surface area contributed by atoms with Gasteiger partial charge in [-0.1, -0.05) is 41.4 Å². The van der Waals surface area contributed by atoms with E-state index in [0.717, 1.165) is 16.1 Å². The van der Waals surface area contributed by atoms with E-state index in [1.807, 2.05) is 18.2 Å². The number of hydrogen-bond donors (Lipinski definition) is 1. The van der Waals surface area contributed by atoms with Crippen molar-refractivity contribution in [1.82, 2.24) is 5.32 Å². The summed E-state index contributed by atoms with van der Waals surface area (Å²) in [5.74, 6) is 0.154. The summed E-state index contributed by atoms with van der Waals surface area (Å²) in [5, 5.41) is 3.33. The third kappa shape index (κ3) is 5.76. The maximum atomic E-state index is 12.5. The zero-order valence-corrected chi connectivity index (χ0v) is 17.4. The molecule has 2 rings (SSSR count). The van der Waals surface area contributed by atoms with E-state index in [1.165, 1.54) is 18.2 Å². The predicted molar refractivity (Wildman–Crippen MR) is 108 cm³/mol. The zero-order chi connectivity index (χ0) is 20.2. The van der Waals surface area contributed by atoms with Crippen LogP contribution in [-0.4, -0.2) is 34.2 Å². The fraction of sp³-hybridized carbons (Fsp3) is 0.278. The van der Waals surface area contributed by atoms with Gasteiger partial charge < -0.3 is 10.1 Å². The molecule has 2 aromatic carbocycles. The van der Waals surface area contributed by atoms with Crippen molar-refractivity contribution in [3.8, 4) is 5.75 Å². The van der Waals surface area contributed by atoms with Crippen LogP contribution >= 0.6 is 23.2 Å². The standard InChI is InChI=1S/C18H20Cl2N2O4S/c1-12(16-6-4-5-7-17(16)26-2)21-18(23)11-22(27(3,24)25)15-9-13(19)8-14(20)10-15/h4-10,12H,11H2,1-3H3,(H,21,23)/t12-/m1/s1. The minimum Gasteiger partial charge on any atom is -0.496 e. The zero-order valence-electron chi connectivity index (χ0n) is 15.1. The molecule has 0 saturated heterocycles. The van der Waals surface area contributed by atoms with E-state index in [4.69, 9.17) is 27.9 Å². The van der Waals surface area contributed by atoms with E-state index in [1.54, 1.807) is 20.1 Å². The summed E-state index contributed by atoms with van der Waals surface area (Å²) in [7, 11) is -2.19. The molecule has 0 spiro atoms. The molecule has 0 aliphatic rings. The number of carbonyl (C=O) groups excluding carboxylic acids is 1. The second-order valence-electron chi connectivity index (χ2n) is 5.93. The Balaban J connectivity index is 2.22. The van der Waals surface area contributed by atoms with Crippen LogP contribution < -0.4 is 14.4 Å². The topological polar surface area (TPSA) is 75.7 Å². The smallest absolute Gasteiger partial charge is 0.241 e. The van der Waals surface area contributed by atoms with Crippen LogP contribution in [0.3, 0.4) is 0 Å². The van der Waals surface area contributed by atoms with Crippen LogP contribution in [0.25, 0.3) is 0 Å². The van der Waals surface area contributed by atoms with Gasteiger partial charge in [0.05, 0.1) is 25.1 Å². The van der Waals surface area contributed by atoms with Crippen LogP contribution in [0.4, 0.5) is 5.69 Å². The molecule has 0 radical (unpaired) electrons. The fourth-order valence-electron chi connectivity index (χ4n) is 2.60. The van der Waals surface area contributed by atoms with Crippen LogP contribution in [-0.2, 0) is 14.8 Å². The Hall–Kier alpha value is -1.96. The lowest BCUT2D eigenvalue weighted by atomic mass is 10.1. The van der Waals surface area contributed by atoms with E-state index >= 15 is 0 Å². The lowest BCUT2D eigenvalue weighted by molar-refractivity contribution is -0.120. The molecule has 6 nitrogen and oxygen atoms in total. The first-order chi connectivity index (χ1) is 12.6. The number of anilines is 1. The molecule has 0 saturated carbocycles. The summed E-state index contributed by atoms with van der Waals surface area (Å²) in [6.45, 7) is 1.38. The number of nitrogens with one attached hydrogen (secondary N) is 1. The molecule has 1 atom stereocenters. The highest BCUT2D eigenvalue weighted by molar-refractivity contribution is 7.92. The molecule has 0 aromatic heterocycles. The monoisotopic (exact) mass is 430 g/mol. The van der Waals surface area contributed by atoms with Crippen molar-refractivity contribution in [2.75, 3.05) is 24.2 Å². The maximum Gasteiger partial charge on any atom is 0.241 e. The van der Waals surface area contributed by atoms with Crippen molar-refractivity contribution >= 4 is 44.8 Å². The number of ether oxygens (including phenoxy) is 1. The van der Waals surface area contributed by atoms with Crippen molar-refractivity contribution in [3.05, 3.63) is 58.1 Å². The first kappa shape index (κ1) is 21.3. The summed E-state index contributed by atoms with van der Waals surface area (Å²) in [6.07, 6.45) is 1.01. The Morgan fingerprint density at radius 1 is 1.19 bits per heavy atom. The van der Waals surface area contributed by atoms with Crippen molar-refractivity contribution in [3.63, 3.8) is 0 Å². The maximum absolute atomic E-state index is 12.5. The molecule has 1 N–H and O–H groups in total. The largest absolute Gasteiger partial charge is 0.496 e. The third-order valence-electron chi connectivity index (χ3n) is 3.81. The number of hydrogen-bond acceptors (Lipinski definition) is 4. The number of nitrogens with zero attached hydrogens (tertiary/aromatic N) is 1. The number of benzene rings is 2. The molecule has 146 valence electrons. The van der Waals surface area contributed by atoms with Crippen LogP contribution in [0.2, 0.25) is 10.0 Å². The molecule has 0 aliphatic heterocycles. The Labute approximate surface area is 169 Å². The summed E-state index contributed by atoms with van der Waals surface area (Å²) in [5.41, 5.74) is 1.00. The lowest BCUT2D eigenvalue weighted by Gasteiger charge is -2.24. The van der Waals surface area contributed by atoms with Gasteiger partial charge >= 0.3 is 0 Å². The highest BCUT2D eigenvalue weighted by Crippen LogP contribution is 2.27. The SMILES string of the molecule is COc1ccccc1[C@@H](C)NC(=O)CN(c1cc(Cl)cc(Cl)c1)S(C)(=O)=O. The van der Waals surface area contributed by atoms with Crippen LogP contribution in [0.15, 0.2) is 42.5 Å². The summed E-state index contributed by atoms with van der Waals surface area (Å²) in [6, 6.07) is 11.2. The Kier molecular flexibility index (Phi) is 6.97. The van der Waals surface area contributed by atoms with E-state index < -0.39 is 22.5 Å².